The SMILES string of the molecule is COC(=O)CCC/C=C/CCCn1nc(-c2ccccc2)c(-c2ccccc2)c1-c1ccccc1. The summed E-state index contributed by atoms with van der Waals surface area (Å²) in [6, 6.07) is 31.5. The van der Waals surface area contributed by atoms with E-state index in [1.165, 1.54) is 23.8 Å². The number of allylic oxidation sites excluding steroid dienone is 2. The number of hydrogen-bond acceptors (Lipinski definition) is 3. The summed E-state index contributed by atoms with van der Waals surface area (Å²) < 4.78 is 6.87. The number of benzene rings is 3. The number of carbonyl (C=O) groups excluding carboxylic acids is 1. The van der Waals surface area contributed by atoms with Crippen molar-refractivity contribution in [2.75, 3.05) is 7.11 Å². The van der Waals surface area contributed by atoms with Gasteiger partial charge in [-0.05, 0) is 31.2 Å². The van der Waals surface area contributed by atoms with Gasteiger partial charge in [-0.25, -0.2) is 0 Å². The van der Waals surface area contributed by atoms with Gasteiger partial charge in [0.05, 0.1) is 12.8 Å². The van der Waals surface area contributed by atoms with Gasteiger partial charge in [0.1, 0.15) is 5.69 Å². The molecule has 0 radical (unpaired) electrons. The van der Waals surface area contributed by atoms with Crippen LogP contribution < -0.4 is 0 Å². The minimum Gasteiger partial charge on any atom is -0.469 e. The average Bonchev–Trinajstić information content (AvgIpc) is 3.31. The summed E-state index contributed by atoms with van der Waals surface area (Å²) in [5.74, 6) is -0.144. The Balaban J connectivity index is 1.61. The monoisotopic (exact) mass is 464 g/mol. The van der Waals surface area contributed by atoms with Crippen LogP contribution in [0.4, 0.5) is 0 Å². The minimum absolute atomic E-state index is 0.144. The van der Waals surface area contributed by atoms with E-state index in [0.717, 1.165) is 49.2 Å². The van der Waals surface area contributed by atoms with Crippen molar-refractivity contribution in [3.05, 3.63) is 103 Å². The van der Waals surface area contributed by atoms with Crippen molar-refractivity contribution < 1.29 is 9.53 Å². The molecule has 0 saturated carbocycles. The number of nitrogens with zero attached hydrogens (tertiary/aromatic N) is 2. The number of esters is 1. The van der Waals surface area contributed by atoms with Crippen molar-refractivity contribution in [2.45, 2.75) is 38.6 Å². The molecule has 0 N–H and O–H groups in total. The smallest absolute Gasteiger partial charge is 0.305 e. The number of unbranched alkanes of at least 4 members (excludes halogenated alkanes) is 2. The van der Waals surface area contributed by atoms with Gasteiger partial charge in [-0.3, -0.25) is 9.48 Å². The van der Waals surface area contributed by atoms with Crippen LogP contribution in [0.3, 0.4) is 0 Å². The van der Waals surface area contributed by atoms with Gasteiger partial charge in [-0.1, -0.05) is 103 Å². The topological polar surface area (TPSA) is 44.1 Å². The van der Waals surface area contributed by atoms with Gasteiger partial charge in [0.15, 0.2) is 0 Å². The third kappa shape index (κ3) is 6.36. The largest absolute Gasteiger partial charge is 0.469 e. The van der Waals surface area contributed by atoms with Crippen LogP contribution in [0.1, 0.15) is 32.1 Å². The van der Waals surface area contributed by atoms with E-state index in [0.29, 0.717) is 6.42 Å². The molecule has 0 bridgehead atoms. The summed E-state index contributed by atoms with van der Waals surface area (Å²) >= 11 is 0. The van der Waals surface area contributed by atoms with Crippen molar-refractivity contribution in [3.63, 3.8) is 0 Å². The molecule has 1 heterocycles. The highest BCUT2D eigenvalue weighted by Crippen LogP contribution is 2.40. The van der Waals surface area contributed by atoms with Crippen molar-refractivity contribution >= 4 is 5.97 Å². The molecule has 3 aromatic carbocycles. The normalized spacial score (nSPS) is 11.1. The number of ether oxygens (including phenoxy) is 1. The van der Waals surface area contributed by atoms with E-state index in [-0.39, 0.29) is 5.97 Å². The predicted octanol–water partition coefficient (Wildman–Crippen LogP) is 7.56. The lowest BCUT2D eigenvalue weighted by Gasteiger charge is -2.10. The van der Waals surface area contributed by atoms with Gasteiger partial charge in [-0.15, -0.1) is 0 Å². The fraction of sp³-hybridized carbons (Fsp3) is 0.226. The lowest BCUT2D eigenvalue weighted by atomic mass is 9.96. The minimum atomic E-state index is -0.144. The highest BCUT2D eigenvalue weighted by Gasteiger charge is 2.21. The number of hydrogen-bond donors (Lipinski definition) is 0. The molecule has 4 aromatic rings. The van der Waals surface area contributed by atoms with Crippen LogP contribution in [-0.4, -0.2) is 22.9 Å². The van der Waals surface area contributed by atoms with E-state index in [1.54, 1.807) is 0 Å². The van der Waals surface area contributed by atoms with E-state index >= 15 is 0 Å². The Morgan fingerprint density at radius 3 is 1.91 bits per heavy atom. The Labute approximate surface area is 207 Å². The highest BCUT2D eigenvalue weighted by atomic mass is 16.5. The van der Waals surface area contributed by atoms with Crippen LogP contribution in [0.15, 0.2) is 103 Å². The van der Waals surface area contributed by atoms with Crippen molar-refractivity contribution in [1.82, 2.24) is 9.78 Å². The highest BCUT2D eigenvalue weighted by molar-refractivity contribution is 5.91. The number of carbonyl (C=O) groups is 1. The third-order valence-electron chi connectivity index (χ3n) is 6.00. The van der Waals surface area contributed by atoms with Gasteiger partial charge in [0.2, 0.25) is 0 Å². The van der Waals surface area contributed by atoms with E-state index in [9.17, 15) is 4.79 Å². The summed E-state index contributed by atoms with van der Waals surface area (Å²) in [4.78, 5) is 11.2. The van der Waals surface area contributed by atoms with E-state index in [2.05, 4.69) is 102 Å². The van der Waals surface area contributed by atoms with Gasteiger partial charge >= 0.3 is 5.97 Å². The zero-order chi connectivity index (χ0) is 24.3. The lowest BCUT2D eigenvalue weighted by Crippen LogP contribution is -2.02. The number of rotatable bonds is 11. The van der Waals surface area contributed by atoms with Crippen LogP contribution in [-0.2, 0) is 16.1 Å². The Morgan fingerprint density at radius 2 is 1.31 bits per heavy atom. The predicted molar refractivity (Wildman–Crippen MR) is 143 cm³/mol. The van der Waals surface area contributed by atoms with Crippen LogP contribution in [0.2, 0.25) is 0 Å². The molecule has 4 heteroatoms. The summed E-state index contributed by atoms with van der Waals surface area (Å²) in [5, 5.41) is 5.15. The maximum absolute atomic E-state index is 11.2. The first-order valence-corrected chi connectivity index (χ1v) is 12.3. The van der Waals surface area contributed by atoms with E-state index < -0.39 is 0 Å². The first-order valence-electron chi connectivity index (χ1n) is 12.3. The molecule has 4 nitrogen and oxygen atoms in total. The lowest BCUT2D eigenvalue weighted by molar-refractivity contribution is -0.140. The molecule has 0 unspecified atom stereocenters. The van der Waals surface area contributed by atoms with Crippen LogP contribution in [0.5, 0.6) is 0 Å². The van der Waals surface area contributed by atoms with Gasteiger partial charge in [-0.2, -0.15) is 5.10 Å². The standard InChI is InChI=1S/C31H32N2O2/c1-35-28(34)23-15-4-2-3-5-16-24-33-31(27-21-13-8-14-22-27)29(25-17-9-6-10-18-25)30(32-33)26-19-11-7-12-20-26/h2-3,6-14,17-22H,4-5,15-16,23-24H2,1H3/b3-2+. The number of aryl methyl sites for hydroxylation is 1. The summed E-state index contributed by atoms with van der Waals surface area (Å²) in [6.07, 6.45) is 8.50. The first-order chi connectivity index (χ1) is 17.3. The Kier molecular flexibility index (Phi) is 8.66. The summed E-state index contributed by atoms with van der Waals surface area (Å²) in [6.45, 7) is 0.823. The first kappa shape index (κ1) is 24.2. The Morgan fingerprint density at radius 1 is 0.771 bits per heavy atom. The molecule has 0 amide bonds. The second-order valence-corrected chi connectivity index (χ2v) is 8.48. The van der Waals surface area contributed by atoms with Crippen molar-refractivity contribution in [3.8, 4) is 33.6 Å². The molecule has 0 spiro atoms. The quantitative estimate of drug-likeness (QED) is 0.131. The zero-order valence-corrected chi connectivity index (χ0v) is 20.3. The third-order valence-corrected chi connectivity index (χ3v) is 6.00. The number of aromatic nitrogens is 2. The molecule has 0 saturated heterocycles. The molecule has 178 valence electrons. The van der Waals surface area contributed by atoms with Gasteiger partial charge in [0, 0.05) is 29.7 Å². The molecule has 1 aromatic heterocycles. The molecule has 0 aliphatic carbocycles. The molecule has 0 atom stereocenters. The van der Waals surface area contributed by atoms with Gasteiger partial charge < -0.3 is 4.74 Å². The molecule has 0 aliphatic rings. The fourth-order valence-corrected chi connectivity index (χ4v) is 4.25. The van der Waals surface area contributed by atoms with E-state index in [4.69, 9.17) is 9.84 Å². The fourth-order valence-electron chi connectivity index (χ4n) is 4.25. The molecular formula is C31H32N2O2. The second-order valence-electron chi connectivity index (χ2n) is 8.48. The maximum Gasteiger partial charge on any atom is 0.305 e. The average molecular weight is 465 g/mol. The van der Waals surface area contributed by atoms with Crippen molar-refractivity contribution in [2.24, 2.45) is 0 Å². The summed E-state index contributed by atoms with van der Waals surface area (Å²) in [5.41, 5.74) is 6.78. The second kappa shape index (κ2) is 12.5. The molecular weight excluding hydrogens is 432 g/mol. The van der Waals surface area contributed by atoms with Crippen LogP contribution in [0.25, 0.3) is 33.6 Å². The van der Waals surface area contributed by atoms with Crippen LogP contribution >= 0.6 is 0 Å². The summed E-state index contributed by atoms with van der Waals surface area (Å²) in [7, 11) is 1.43. The molecule has 0 fully saturated rings. The van der Waals surface area contributed by atoms with Gasteiger partial charge in [0.25, 0.3) is 0 Å². The van der Waals surface area contributed by atoms with Crippen molar-refractivity contribution in [1.29, 1.82) is 0 Å². The molecule has 4 rings (SSSR count). The van der Waals surface area contributed by atoms with E-state index in [1.807, 2.05) is 6.07 Å². The van der Waals surface area contributed by atoms with Crippen LogP contribution in [0, 0.1) is 0 Å². The Bertz CT molecular complexity index is 1230. The molecule has 35 heavy (non-hydrogen) atoms. The molecule has 0 aliphatic heterocycles. The Hall–Kier alpha value is -3.92. The maximum atomic E-state index is 11.2. The zero-order valence-electron chi connectivity index (χ0n) is 20.3. The number of methoxy groups -OCH3 is 1.